The van der Waals surface area contributed by atoms with E-state index in [1.165, 1.54) is 6.20 Å². The molecule has 1 N–H and O–H groups in total. The monoisotopic (exact) mass is 438 g/mol. The lowest BCUT2D eigenvalue weighted by Crippen LogP contribution is -2.32. The molecule has 0 amide bonds. The predicted octanol–water partition coefficient (Wildman–Crippen LogP) is 4.28. The number of aromatic carboxylic acids is 1. The number of rotatable bonds is 11. The molecule has 2 heterocycles. The highest BCUT2D eigenvalue weighted by Crippen LogP contribution is 2.29. The Balaban J connectivity index is 1.90. The zero-order chi connectivity index (χ0) is 23.1. The Bertz CT molecular complexity index is 1040. The number of hydrogen-bond acceptors (Lipinski definition) is 6. The van der Waals surface area contributed by atoms with Crippen molar-refractivity contribution >= 4 is 5.97 Å². The van der Waals surface area contributed by atoms with E-state index in [1.54, 1.807) is 26.4 Å². The number of carboxylic acids is 1. The standard InChI is InChI=1S/C24H30N4O4/c1-5-13-24(31-3,32-4)23-26-20(28(27-23)15-6-2)16-17-9-11-18(12-10-17)19-8-7-14-25-21(19)22(29)30/h7-12,14H,5-6,13,15-16H2,1-4H3,(H,29,30). The molecule has 0 saturated carbocycles. The third kappa shape index (κ3) is 4.87. The summed E-state index contributed by atoms with van der Waals surface area (Å²) in [6.45, 7) is 4.91. The van der Waals surface area contributed by atoms with Gasteiger partial charge in [0, 0.05) is 45.4 Å². The van der Waals surface area contributed by atoms with Crippen molar-refractivity contribution in [3.8, 4) is 11.1 Å². The molecule has 0 unspecified atom stereocenters. The van der Waals surface area contributed by atoms with Gasteiger partial charge in [0.05, 0.1) is 0 Å². The van der Waals surface area contributed by atoms with E-state index in [4.69, 9.17) is 19.6 Å². The third-order valence-corrected chi connectivity index (χ3v) is 5.40. The molecule has 0 saturated heterocycles. The summed E-state index contributed by atoms with van der Waals surface area (Å²) < 4.78 is 13.3. The second-order valence-electron chi connectivity index (χ2n) is 7.56. The van der Waals surface area contributed by atoms with Gasteiger partial charge in [-0.25, -0.2) is 19.4 Å². The Labute approximate surface area is 188 Å². The van der Waals surface area contributed by atoms with Crippen molar-refractivity contribution in [2.75, 3.05) is 14.2 Å². The highest BCUT2D eigenvalue weighted by atomic mass is 16.7. The first kappa shape index (κ1) is 23.6. The lowest BCUT2D eigenvalue weighted by Gasteiger charge is -2.27. The molecular weight excluding hydrogens is 408 g/mol. The molecule has 1 aromatic carbocycles. The lowest BCUT2D eigenvalue weighted by molar-refractivity contribution is -0.225. The highest BCUT2D eigenvalue weighted by molar-refractivity contribution is 5.93. The van der Waals surface area contributed by atoms with Crippen LogP contribution < -0.4 is 0 Å². The molecule has 0 spiro atoms. The van der Waals surface area contributed by atoms with Crippen molar-refractivity contribution in [3.63, 3.8) is 0 Å². The van der Waals surface area contributed by atoms with Crippen molar-refractivity contribution in [1.29, 1.82) is 0 Å². The molecule has 0 radical (unpaired) electrons. The summed E-state index contributed by atoms with van der Waals surface area (Å²) in [6.07, 6.45) is 4.52. The zero-order valence-corrected chi connectivity index (χ0v) is 19.0. The first-order valence-corrected chi connectivity index (χ1v) is 10.8. The first-order valence-electron chi connectivity index (χ1n) is 10.8. The zero-order valence-electron chi connectivity index (χ0n) is 19.0. The number of methoxy groups -OCH3 is 2. The van der Waals surface area contributed by atoms with E-state index in [0.717, 1.165) is 36.3 Å². The summed E-state index contributed by atoms with van der Waals surface area (Å²) in [6, 6.07) is 11.3. The van der Waals surface area contributed by atoms with Crippen LogP contribution in [0.1, 0.15) is 60.8 Å². The van der Waals surface area contributed by atoms with Gasteiger partial charge in [0.2, 0.25) is 11.6 Å². The van der Waals surface area contributed by atoms with Crippen molar-refractivity contribution in [2.24, 2.45) is 0 Å². The van der Waals surface area contributed by atoms with E-state index in [1.807, 2.05) is 28.9 Å². The summed E-state index contributed by atoms with van der Waals surface area (Å²) in [4.78, 5) is 20.3. The number of benzene rings is 1. The fraction of sp³-hybridized carbons (Fsp3) is 0.417. The van der Waals surface area contributed by atoms with Crippen LogP contribution in [0.25, 0.3) is 11.1 Å². The van der Waals surface area contributed by atoms with Crippen LogP contribution in [-0.4, -0.2) is 45.0 Å². The minimum absolute atomic E-state index is 0.0407. The summed E-state index contributed by atoms with van der Waals surface area (Å²) in [5, 5.41) is 14.1. The topological polar surface area (TPSA) is 99.4 Å². The summed E-state index contributed by atoms with van der Waals surface area (Å²) in [7, 11) is 3.23. The Morgan fingerprint density at radius 2 is 1.81 bits per heavy atom. The molecule has 3 aromatic rings. The lowest BCUT2D eigenvalue weighted by atomic mass is 10.0. The molecule has 8 nitrogen and oxygen atoms in total. The average molecular weight is 439 g/mol. The summed E-state index contributed by atoms with van der Waals surface area (Å²) in [5.74, 6) is -0.640. The second kappa shape index (κ2) is 10.5. The van der Waals surface area contributed by atoms with Crippen molar-refractivity contribution in [2.45, 2.75) is 51.9 Å². The average Bonchev–Trinajstić information content (AvgIpc) is 3.21. The molecule has 0 aliphatic carbocycles. The van der Waals surface area contributed by atoms with Gasteiger partial charge in [-0.3, -0.25) is 0 Å². The molecule has 170 valence electrons. The van der Waals surface area contributed by atoms with Crippen molar-refractivity contribution in [3.05, 3.63) is 65.5 Å². The maximum Gasteiger partial charge on any atom is 0.355 e. The Hall–Kier alpha value is -3.10. The van der Waals surface area contributed by atoms with Gasteiger partial charge in [-0.15, -0.1) is 0 Å². The van der Waals surface area contributed by atoms with Crippen LogP contribution in [0.3, 0.4) is 0 Å². The van der Waals surface area contributed by atoms with Gasteiger partial charge in [-0.2, -0.15) is 5.10 Å². The molecule has 0 aliphatic heterocycles. The Morgan fingerprint density at radius 3 is 2.41 bits per heavy atom. The largest absolute Gasteiger partial charge is 0.476 e. The van der Waals surface area contributed by atoms with Gasteiger partial charge in [0.1, 0.15) is 5.82 Å². The molecular formula is C24H30N4O4. The van der Waals surface area contributed by atoms with Crippen LogP contribution in [0.15, 0.2) is 42.6 Å². The van der Waals surface area contributed by atoms with E-state index in [-0.39, 0.29) is 5.69 Å². The van der Waals surface area contributed by atoms with E-state index in [2.05, 4.69) is 18.8 Å². The van der Waals surface area contributed by atoms with Gasteiger partial charge < -0.3 is 14.6 Å². The molecule has 0 fully saturated rings. The first-order chi connectivity index (χ1) is 15.5. The van der Waals surface area contributed by atoms with Crippen molar-refractivity contribution in [1.82, 2.24) is 19.7 Å². The molecule has 2 aromatic heterocycles. The van der Waals surface area contributed by atoms with Crippen LogP contribution >= 0.6 is 0 Å². The van der Waals surface area contributed by atoms with Gasteiger partial charge in [-0.05, 0) is 23.6 Å². The predicted molar refractivity (Wildman–Crippen MR) is 120 cm³/mol. The smallest absolute Gasteiger partial charge is 0.355 e. The van der Waals surface area contributed by atoms with E-state index >= 15 is 0 Å². The minimum Gasteiger partial charge on any atom is -0.476 e. The van der Waals surface area contributed by atoms with Gasteiger partial charge >= 0.3 is 5.97 Å². The number of carbonyl (C=O) groups is 1. The quantitative estimate of drug-likeness (QED) is 0.446. The normalized spacial score (nSPS) is 11.6. The number of aryl methyl sites for hydroxylation is 1. The molecule has 0 bridgehead atoms. The number of nitrogens with zero attached hydrogens (tertiary/aromatic N) is 4. The number of aromatic nitrogens is 4. The minimum atomic E-state index is -1.04. The fourth-order valence-electron chi connectivity index (χ4n) is 3.76. The van der Waals surface area contributed by atoms with Crippen LogP contribution in [-0.2, 0) is 28.2 Å². The number of pyridine rings is 1. The number of hydrogen-bond donors (Lipinski definition) is 1. The summed E-state index contributed by atoms with van der Waals surface area (Å²) in [5.41, 5.74) is 2.48. The highest BCUT2D eigenvalue weighted by Gasteiger charge is 2.36. The third-order valence-electron chi connectivity index (χ3n) is 5.40. The maximum absolute atomic E-state index is 11.5. The molecule has 32 heavy (non-hydrogen) atoms. The van der Waals surface area contributed by atoms with Crippen LogP contribution in [0.4, 0.5) is 0 Å². The molecule has 8 heteroatoms. The van der Waals surface area contributed by atoms with Gasteiger partial charge in [0.25, 0.3) is 0 Å². The van der Waals surface area contributed by atoms with Crippen molar-refractivity contribution < 1.29 is 19.4 Å². The Kier molecular flexibility index (Phi) is 7.71. The number of carboxylic acid groups (broad SMARTS) is 1. The van der Waals surface area contributed by atoms with E-state index in [0.29, 0.717) is 24.2 Å². The van der Waals surface area contributed by atoms with E-state index in [9.17, 15) is 9.90 Å². The number of ether oxygens (including phenoxy) is 2. The van der Waals surface area contributed by atoms with E-state index < -0.39 is 11.8 Å². The second-order valence-corrected chi connectivity index (χ2v) is 7.56. The maximum atomic E-state index is 11.5. The fourth-order valence-corrected chi connectivity index (χ4v) is 3.76. The Morgan fingerprint density at radius 1 is 1.09 bits per heavy atom. The van der Waals surface area contributed by atoms with Gasteiger partial charge in [-0.1, -0.05) is 50.6 Å². The SMILES string of the molecule is CCCn1nc(C(CCC)(OC)OC)nc1Cc1ccc(-c2cccnc2C(=O)O)cc1. The summed E-state index contributed by atoms with van der Waals surface area (Å²) >= 11 is 0. The molecule has 0 atom stereocenters. The molecule has 3 rings (SSSR count). The van der Waals surface area contributed by atoms with Gasteiger partial charge in [0.15, 0.2) is 5.69 Å². The van der Waals surface area contributed by atoms with Crippen LogP contribution in [0, 0.1) is 0 Å². The van der Waals surface area contributed by atoms with Crippen LogP contribution in [0.2, 0.25) is 0 Å². The molecule has 0 aliphatic rings. The van der Waals surface area contributed by atoms with Crippen LogP contribution in [0.5, 0.6) is 0 Å².